The number of piperidine rings is 1. The standard InChI is InChI=1S/C16H24N2O/c1-2-12-18(13-14-8-10-17-11-9-14)16(19)15-6-4-3-5-7-15/h3-7,14,17H,2,8-13H2,1H3. The Morgan fingerprint density at radius 3 is 2.58 bits per heavy atom. The van der Waals surface area contributed by atoms with Gasteiger partial charge in [-0.3, -0.25) is 4.79 Å². The van der Waals surface area contributed by atoms with E-state index < -0.39 is 0 Å². The molecule has 2 rings (SSSR count). The third-order valence-corrected chi connectivity index (χ3v) is 3.74. The van der Waals surface area contributed by atoms with Crippen LogP contribution in [0.25, 0.3) is 0 Å². The van der Waals surface area contributed by atoms with Gasteiger partial charge in [-0.2, -0.15) is 0 Å². The summed E-state index contributed by atoms with van der Waals surface area (Å²) < 4.78 is 0. The monoisotopic (exact) mass is 260 g/mol. The lowest BCUT2D eigenvalue weighted by Crippen LogP contribution is -2.39. The van der Waals surface area contributed by atoms with Crippen molar-refractivity contribution in [1.82, 2.24) is 10.2 Å². The van der Waals surface area contributed by atoms with Gasteiger partial charge in [0.05, 0.1) is 0 Å². The summed E-state index contributed by atoms with van der Waals surface area (Å²) in [4.78, 5) is 14.6. The highest BCUT2D eigenvalue weighted by molar-refractivity contribution is 5.94. The van der Waals surface area contributed by atoms with Crippen LogP contribution in [0.4, 0.5) is 0 Å². The van der Waals surface area contributed by atoms with Crippen LogP contribution in [0.2, 0.25) is 0 Å². The minimum atomic E-state index is 0.181. The highest BCUT2D eigenvalue weighted by atomic mass is 16.2. The average Bonchev–Trinajstić information content (AvgIpc) is 2.48. The fraction of sp³-hybridized carbons (Fsp3) is 0.562. The van der Waals surface area contributed by atoms with Crippen molar-refractivity contribution in [2.24, 2.45) is 5.92 Å². The quantitative estimate of drug-likeness (QED) is 0.882. The first-order valence-electron chi connectivity index (χ1n) is 7.36. The van der Waals surface area contributed by atoms with E-state index in [-0.39, 0.29) is 5.91 Å². The predicted molar refractivity (Wildman–Crippen MR) is 78.2 cm³/mol. The molecule has 1 amide bonds. The van der Waals surface area contributed by atoms with Crippen molar-refractivity contribution < 1.29 is 4.79 Å². The van der Waals surface area contributed by atoms with Gasteiger partial charge in [-0.15, -0.1) is 0 Å². The Bertz CT molecular complexity index is 385. The Morgan fingerprint density at radius 1 is 1.26 bits per heavy atom. The van der Waals surface area contributed by atoms with Gasteiger partial charge < -0.3 is 10.2 Å². The lowest BCUT2D eigenvalue weighted by molar-refractivity contribution is 0.0716. The van der Waals surface area contributed by atoms with Crippen LogP contribution >= 0.6 is 0 Å². The molecule has 104 valence electrons. The molecule has 19 heavy (non-hydrogen) atoms. The van der Waals surface area contributed by atoms with E-state index in [4.69, 9.17) is 0 Å². The maximum atomic E-state index is 12.5. The van der Waals surface area contributed by atoms with E-state index in [9.17, 15) is 4.79 Å². The minimum absolute atomic E-state index is 0.181. The summed E-state index contributed by atoms with van der Waals surface area (Å²) in [7, 11) is 0. The van der Waals surface area contributed by atoms with Crippen LogP contribution < -0.4 is 5.32 Å². The Kier molecular flexibility index (Phi) is 5.40. The number of nitrogens with one attached hydrogen (secondary N) is 1. The minimum Gasteiger partial charge on any atom is -0.338 e. The molecular weight excluding hydrogens is 236 g/mol. The number of hydrogen-bond acceptors (Lipinski definition) is 2. The van der Waals surface area contributed by atoms with Gasteiger partial charge in [-0.05, 0) is 50.4 Å². The molecule has 1 aromatic carbocycles. The molecule has 1 aliphatic rings. The van der Waals surface area contributed by atoms with Gasteiger partial charge in [0.15, 0.2) is 0 Å². The molecule has 0 atom stereocenters. The van der Waals surface area contributed by atoms with Crippen LogP contribution in [0.5, 0.6) is 0 Å². The summed E-state index contributed by atoms with van der Waals surface area (Å²) >= 11 is 0. The number of rotatable bonds is 5. The summed E-state index contributed by atoms with van der Waals surface area (Å²) in [5, 5.41) is 3.38. The van der Waals surface area contributed by atoms with Crippen LogP contribution in [-0.4, -0.2) is 37.0 Å². The highest BCUT2D eigenvalue weighted by Gasteiger charge is 2.20. The first kappa shape index (κ1) is 14.1. The fourth-order valence-corrected chi connectivity index (χ4v) is 2.68. The zero-order chi connectivity index (χ0) is 13.5. The molecule has 0 radical (unpaired) electrons. The summed E-state index contributed by atoms with van der Waals surface area (Å²) in [5.74, 6) is 0.835. The topological polar surface area (TPSA) is 32.3 Å². The molecule has 0 aromatic heterocycles. The van der Waals surface area contributed by atoms with Crippen LogP contribution in [0.15, 0.2) is 30.3 Å². The van der Waals surface area contributed by atoms with E-state index in [2.05, 4.69) is 12.2 Å². The normalized spacial score (nSPS) is 16.3. The SMILES string of the molecule is CCCN(CC1CCNCC1)C(=O)c1ccccc1. The Labute approximate surface area is 116 Å². The fourth-order valence-electron chi connectivity index (χ4n) is 2.68. The lowest BCUT2D eigenvalue weighted by atomic mass is 9.97. The maximum absolute atomic E-state index is 12.5. The summed E-state index contributed by atoms with van der Waals surface area (Å²) in [5.41, 5.74) is 0.810. The molecule has 3 nitrogen and oxygen atoms in total. The molecule has 1 saturated heterocycles. The van der Waals surface area contributed by atoms with Crippen molar-refractivity contribution in [1.29, 1.82) is 0 Å². The molecule has 0 unspecified atom stereocenters. The Balaban J connectivity index is 2.00. The van der Waals surface area contributed by atoms with E-state index in [0.29, 0.717) is 5.92 Å². The molecule has 0 spiro atoms. The number of nitrogens with zero attached hydrogens (tertiary/aromatic N) is 1. The van der Waals surface area contributed by atoms with E-state index in [1.807, 2.05) is 35.2 Å². The predicted octanol–water partition coefficient (Wildman–Crippen LogP) is 2.54. The van der Waals surface area contributed by atoms with Crippen molar-refractivity contribution in [2.45, 2.75) is 26.2 Å². The number of amides is 1. The summed E-state index contributed by atoms with van der Waals surface area (Å²) in [6.07, 6.45) is 3.38. The zero-order valence-corrected chi connectivity index (χ0v) is 11.8. The summed E-state index contributed by atoms with van der Waals surface area (Å²) in [6, 6.07) is 9.64. The second-order valence-electron chi connectivity index (χ2n) is 5.31. The van der Waals surface area contributed by atoms with Crippen molar-refractivity contribution in [3.05, 3.63) is 35.9 Å². The average molecular weight is 260 g/mol. The van der Waals surface area contributed by atoms with Crippen LogP contribution in [0.3, 0.4) is 0 Å². The zero-order valence-electron chi connectivity index (χ0n) is 11.8. The largest absolute Gasteiger partial charge is 0.338 e. The molecule has 0 aliphatic carbocycles. The van der Waals surface area contributed by atoms with E-state index >= 15 is 0 Å². The van der Waals surface area contributed by atoms with Crippen molar-refractivity contribution in [3.8, 4) is 0 Å². The molecule has 3 heteroatoms. The molecule has 1 fully saturated rings. The second-order valence-corrected chi connectivity index (χ2v) is 5.31. The first-order valence-corrected chi connectivity index (χ1v) is 7.36. The first-order chi connectivity index (χ1) is 9.31. The molecule has 1 aliphatic heterocycles. The maximum Gasteiger partial charge on any atom is 0.253 e. The number of carbonyl (C=O) groups excluding carboxylic acids is 1. The Hall–Kier alpha value is -1.35. The van der Waals surface area contributed by atoms with Crippen LogP contribution in [-0.2, 0) is 0 Å². The summed E-state index contributed by atoms with van der Waals surface area (Å²) in [6.45, 7) is 6.07. The molecule has 1 aromatic rings. The van der Waals surface area contributed by atoms with Crippen LogP contribution in [0.1, 0.15) is 36.5 Å². The van der Waals surface area contributed by atoms with Gasteiger partial charge in [0.1, 0.15) is 0 Å². The van der Waals surface area contributed by atoms with Gasteiger partial charge in [-0.1, -0.05) is 25.1 Å². The number of hydrogen-bond donors (Lipinski definition) is 1. The molecule has 0 bridgehead atoms. The van der Waals surface area contributed by atoms with E-state index in [1.54, 1.807) is 0 Å². The molecule has 0 saturated carbocycles. The number of benzene rings is 1. The Morgan fingerprint density at radius 2 is 1.95 bits per heavy atom. The van der Waals surface area contributed by atoms with Crippen molar-refractivity contribution in [2.75, 3.05) is 26.2 Å². The third-order valence-electron chi connectivity index (χ3n) is 3.74. The smallest absolute Gasteiger partial charge is 0.253 e. The van der Waals surface area contributed by atoms with Crippen molar-refractivity contribution in [3.63, 3.8) is 0 Å². The van der Waals surface area contributed by atoms with Crippen molar-refractivity contribution >= 4 is 5.91 Å². The van der Waals surface area contributed by atoms with Gasteiger partial charge in [0.2, 0.25) is 0 Å². The molecule has 1 N–H and O–H groups in total. The molecule has 1 heterocycles. The van der Waals surface area contributed by atoms with E-state index in [0.717, 1.165) is 38.2 Å². The van der Waals surface area contributed by atoms with Gasteiger partial charge in [-0.25, -0.2) is 0 Å². The number of carbonyl (C=O) groups is 1. The highest BCUT2D eigenvalue weighted by Crippen LogP contribution is 2.15. The molecular formula is C16H24N2O. The lowest BCUT2D eigenvalue weighted by Gasteiger charge is -2.30. The van der Waals surface area contributed by atoms with Gasteiger partial charge in [0, 0.05) is 18.7 Å². The van der Waals surface area contributed by atoms with Crippen LogP contribution in [0, 0.1) is 5.92 Å². The van der Waals surface area contributed by atoms with E-state index in [1.165, 1.54) is 12.8 Å². The van der Waals surface area contributed by atoms with Gasteiger partial charge >= 0.3 is 0 Å². The third kappa shape index (κ3) is 4.06. The van der Waals surface area contributed by atoms with Gasteiger partial charge in [0.25, 0.3) is 5.91 Å². The second kappa shape index (κ2) is 7.29.